The van der Waals surface area contributed by atoms with E-state index in [-0.39, 0.29) is 24.9 Å². The van der Waals surface area contributed by atoms with Crippen molar-refractivity contribution in [3.8, 4) is 0 Å². The Kier molecular flexibility index (Phi) is 16.1. The van der Waals surface area contributed by atoms with Crippen molar-refractivity contribution in [2.24, 2.45) is 28.1 Å². The molecule has 1 aromatic carbocycles. The van der Waals surface area contributed by atoms with E-state index in [0.29, 0.717) is 38.8 Å². The molecule has 0 unspecified atom stereocenters. The maximum absolute atomic E-state index is 13.3. The first-order valence-electron chi connectivity index (χ1n) is 14.7. The number of unbranched alkanes of at least 4 members (excludes halogenated alkanes) is 1. The lowest BCUT2D eigenvalue weighted by molar-refractivity contribution is -0.149. The van der Waals surface area contributed by atoms with Crippen molar-refractivity contribution in [2.45, 2.75) is 104 Å². The highest BCUT2D eigenvalue weighted by molar-refractivity contribution is 5.92. The van der Waals surface area contributed by atoms with Crippen LogP contribution in [0.2, 0.25) is 0 Å². The number of alkyl carbamates (subject to hydrolysis) is 1. The lowest BCUT2D eigenvalue weighted by Gasteiger charge is -2.26. The molecule has 0 bridgehead atoms. The van der Waals surface area contributed by atoms with Crippen molar-refractivity contribution in [3.05, 3.63) is 35.4 Å². The molecule has 13 nitrogen and oxygen atoms in total. The van der Waals surface area contributed by atoms with Crippen LogP contribution in [0.25, 0.3) is 0 Å². The van der Waals surface area contributed by atoms with Crippen LogP contribution in [-0.2, 0) is 30.5 Å². The first kappa shape index (κ1) is 37.2. The summed E-state index contributed by atoms with van der Waals surface area (Å²) < 4.78 is 10.8. The monoisotopic (exact) mass is 605 g/mol. The minimum absolute atomic E-state index is 0.0409. The first-order chi connectivity index (χ1) is 20.1. The smallest absolute Gasteiger partial charge is 0.407 e. The van der Waals surface area contributed by atoms with Crippen LogP contribution < -0.4 is 33.2 Å². The molecular formula is C30H51N7O6. The van der Waals surface area contributed by atoms with Gasteiger partial charge in [-0.25, -0.2) is 9.59 Å². The van der Waals surface area contributed by atoms with Crippen LogP contribution >= 0.6 is 0 Å². The van der Waals surface area contributed by atoms with E-state index < -0.39 is 47.6 Å². The molecule has 3 atom stereocenters. The molecule has 0 saturated heterocycles. The van der Waals surface area contributed by atoms with E-state index in [4.69, 9.17) is 26.7 Å². The topological polar surface area (TPSA) is 213 Å². The van der Waals surface area contributed by atoms with E-state index in [0.717, 1.165) is 11.1 Å². The Labute approximate surface area is 255 Å². The van der Waals surface area contributed by atoms with E-state index >= 15 is 0 Å². The molecule has 0 aliphatic heterocycles. The third kappa shape index (κ3) is 16.4. The lowest BCUT2D eigenvalue weighted by Crippen LogP contribution is -2.56. The third-order valence-corrected chi connectivity index (χ3v) is 6.24. The fourth-order valence-corrected chi connectivity index (χ4v) is 3.87. The van der Waals surface area contributed by atoms with E-state index in [1.54, 1.807) is 34.6 Å². The number of carbonyl (C=O) groups excluding carboxylic acids is 4. The molecule has 0 fully saturated rings. The Hall–Kier alpha value is -3.87. The number of rotatable bonds is 17. The summed E-state index contributed by atoms with van der Waals surface area (Å²) in [5.74, 6) is -1.95. The Bertz CT molecular complexity index is 1070. The summed E-state index contributed by atoms with van der Waals surface area (Å²) >= 11 is 0. The maximum atomic E-state index is 13.3. The Morgan fingerprint density at radius 3 is 2.16 bits per heavy atom. The Morgan fingerprint density at radius 1 is 0.930 bits per heavy atom. The number of nitrogens with two attached hydrogens (primary N) is 3. The van der Waals surface area contributed by atoms with Crippen LogP contribution in [-0.4, -0.2) is 66.7 Å². The number of nitrogens with zero attached hydrogens (tertiary/aromatic N) is 1. The van der Waals surface area contributed by atoms with Crippen LogP contribution in [0.1, 0.15) is 77.8 Å². The number of ether oxygens (including phenoxy) is 2. The van der Waals surface area contributed by atoms with Gasteiger partial charge in [-0.3, -0.25) is 14.6 Å². The van der Waals surface area contributed by atoms with Gasteiger partial charge >= 0.3 is 12.1 Å². The Balaban J connectivity index is 2.83. The van der Waals surface area contributed by atoms with Crippen molar-refractivity contribution in [1.82, 2.24) is 16.0 Å². The predicted molar refractivity (Wildman–Crippen MR) is 166 cm³/mol. The zero-order valence-corrected chi connectivity index (χ0v) is 26.4. The van der Waals surface area contributed by atoms with Gasteiger partial charge in [0.1, 0.15) is 24.3 Å². The number of amides is 3. The van der Waals surface area contributed by atoms with Gasteiger partial charge < -0.3 is 42.6 Å². The quantitative estimate of drug-likeness (QED) is 0.0659. The molecule has 242 valence electrons. The summed E-state index contributed by atoms with van der Waals surface area (Å²) in [5, 5.41) is 8.14. The van der Waals surface area contributed by atoms with Gasteiger partial charge in [0.25, 0.3) is 0 Å². The van der Waals surface area contributed by atoms with Gasteiger partial charge in [0.05, 0.1) is 6.04 Å². The summed E-state index contributed by atoms with van der Waals surface area (Å²) in [7, 11) is 0. The predicted octanol–water partition coefficient (Wildman–Crippen LogP) is 1.74. The molecule has 9 N–H and O–H groups in total. The molecular weight excluding hydrogens is 554 g/mol. The molecule has 1 aromatic rings. The van der Waals surface area contributed by atoms with Crippen molar-refractivity contribution >= 4 is 29.8 Å². The molecule has 0 spiro atoms. The van der Waals surface area contributed by atoms with Crippen LogP contribution in [0.3, 0.4) is 0 Å². The van der Waals surface area contributed by atoms with E-state index in [9.17, 15) is 19.2 Å². The minimum Gasteiger partial charge on any atom is -0.459 e. The van der Waals surface area contributed by atoms with Crippen molar-refractivity contribution in [3.63, 3.8) is 0 Å². The molecule has 0 heterocycles. The highest BCUT2D eigenvalue weighted by Gasteiger charge is 2.30. The molecule has 1 rings (SSSR count). The zero-order chi connectivity index (χ0) is 32.6. The van der Waals surface area contributed by atoms with E-state index in [1.165, 1.54) is 0 Å². The van der Waals surface area contributed by atoms with Crippen LogP contribution in [0.15, 0.2) is 29.3 Å². The average molecular weight is 606 g/mol. The van der Waals surface area contributed by atoms with Crippen LogP contribution in [0.5, 0.6) is 0 Å². The second kappa shape index (κ2) is 18.6. The number of aliphatic imine (C=N–C) groups is 1. The van der Waals surface area contributed by atoms with Gasteiger partial charge in [-0.2, -0.15) is 0 Å². The zero-order valence-electron chi connectivity index (χ0n) is 26.4. The molecule has 43 heavy (non-hydrogen) atoms. The summed E-state index contributed by atoms with van der Waals surface area (Å²) in [5.41, 5.74) is 17.9. The van der Waals surface area contributed by atoms with Gasteiger partial charge in [-0.05, 0) is 71.3 Å². The number of aryl methyl sites for hydroxylation is 1. The second-order valence-corrected chi connectivity index (χ2v) is 11.9. The molecule has 0 aliphatic rings. The first-order valence-corrected chi connectivity index (χ1v) is 14.7. The largest absolute Gasteiger partial charge is 0.459 e. The highest BCUT2D eigenvalue weighted by atomic mass is 16.6. The molecule has 3 amide bonds. The number of nitrogens with one attached hydrogen (secondary N) is 3. The third-order valence-electron chi connectivity index (χ3n) is 6.24. The summed E-state index contributed by atoms with van der Waals surface area (Å²) in [6.45, 7) is 11.6. The number of hydrogen-bond acceptors (Lipinski definition) is 8. The van der Waals surface area contributed by atoms with E-state index in [2.05, 4.69) is 20.9 Å². The summed E-state index contributed by atoms with van der Waals surface area (Å²) in [4.78, 5) is 54.9. The van der Waals surface area contributed by atoms with Gasteiger partial charge in [0.2, 0.25) is 11.8 Å². The highest BCUT2D eigenvalue weighted by Crippen LogP contribution is 2.11. The van der Waals surface area contributed by atoms with Crippen LogP contribution in [0.4, 0.5) is 4.79 Å². The standard InChI is InChI=1S/C30H51N7O6/c1-19(2)24(37-25(38)22(31)10-9-17-34-28(32)33)26(39)36-23(11-7-8-16-35-29(41)43-30(4,5)6)27(40)42-18-21-14-12-20(3)13-15-21/h12-15,19,22-24H,7-11,16-18,31H2,1-6H3,(H,35,41)(H,36,39)(H,37,38)(H4,32,33,34)/t22-,23-,24+/m0/s1. The Morgan fingerprint density at radius 2 is 1.58 bits per heavy atom. The van der Waals surface area contributed by atoms with Gasteiger partial charge in [-0.1, -0.05) is 43.7 Å². The maximum Gasteiger partial charge on any atom is 0.407 e. The van der Waals surface area contributed by atoms with Crippen molar-refractivity contribution < 1.29 is 28.7 Å². The minimum atomic E-state index is -0.967. The number of hydrogen-bond donors (Lipinski definition) is 6. The summed E-state index contributed by atoms with van der Waals surface area (Å²) in [6, 6.07) is 4.80. The molecule has 13 heteroatoms. The average Bonchev–Trinajstić information content (AvgIpc) is 2.91. The molecule has 0 radical (unpaired) electrons. The molecule has 0 saturated carbocycles. The fraction of sp³-hybridized carbons (Fsp3) is 0.633. The normalized spacial score (nSPS) is 13.3. The van der Waals surface area contributed by atoms with Crippen molar-refractivity contribution in [1.29, 1.82) is 0 Å². The number of guanidine groups is 1. The van der Waals surface area contributed by atoms with Gasteiger partial charge in [0, 0.05) is 13.1 Å². The molecule has 0 aromatic heterocycles. The molecule has 0 aliphatic carbocycles. The lowest BCUT2D eigenvalue weighted by atomic mass is 10.0. The summed E-state index contributed by atoms with van der Waals surface area (Å²) in [6.07, 6.45) is 1.58. The van der Waals surface area contributed by atoms with Crippen LogP contribution in [0, 0.1) is 12.8 Å². The van der Waals surface area contributed by atoms with Gasteiger partial charge in [0.15, 0.2) is 5.96 Å². The van der Waals surface area contributed by atoms with Crippen molar-refractivity contribution in [2.75, 3.05) is 13.1 Å². The number of esters is 1. The number of carbonyl (C=O) groups is 4. The second-order valence-electron chi connectivity index (χ2n) is 11.9. The fourth-order valence-electron chi connectivity index (χ4n) is 3.87. The number of benzene rings is 1. The van der Waals surface area contributed by atoms with E-state index in [1.807, 2.05) is 31.2 Å². The SMILES string of the molecule is Cc1ccc(COC(=O)[C@H](CCCCNC(=O)OC(C)(C)C)NC(=O)[C@H](NC(=O)[C@@H](N)CCCN=C(N)N)C(C)C)cc1. The van der Waals surface area contributed by atoms with Gasteiger partial charge in [-0.15, -0.1) is 0 Å².